The van der Waals surface area contributed by atoms with Gasteiger partial charge in [0.1, 0.15) is 13.9 Å². The summed E-state index contributed by atoms with van der Waals surface area (Å²) in [4.78, 5) is 12.8. The fourth-order valence-electron chi connectivity index (χ4n) is 2.74. The first-order valence-corrected chi connectivity index (χ1v) is 11.2. The first-order valence-electron chi connectivity index (χ1n) is 7.68. The second-order valence-corrected chi connectivity index (χ2v) is 11.6. The van der Waals surface area contributed by atoms with Gasteiger partial charge in [-0.15, -0.1) is 11.5 Å². The first kappa shape index (κ1) is 15.8. The van der Waals surface area contributed by atoms with E-state index in [-0.39, 0.29) is 0 Å². The van der Waals surface area contributed by atoms with E-state index in [1.807, 2.05) is 18.2 Å². The molecular formula is C19H24OSi. The number of hydrogen-bond donors (Lipinski definition) is 0. The van der Waals surface area contributed by atoms with E-state index in [1.165, 1.54) is 0 Å². The molecule has 1 nitrogen and oxygen atoms in total. The van der Waals surface area contributed by atoms with Crippen molar-refractivity contribution in [2.24, 2.45) is 0 Å². The van der Waals surface area contributed by atoms with Crippen LogP contribution in [0.5, 0.6) is 0 Å². The van der Waals surface area contributed by atoms with Crippen LogP contribution in [0.15, 0.2) is 42.5 Å². The lowest BCUT2D eigenvalue weighted by molar-refractivity contribution is -0.124. The minimum atomic E-state index is -1.40. The molecule has 1 atom stereocenters. The van der Waals surface area contributed by atoms with E-state index in [2.05, 4.69) is 55.4 Å². The molecule has 0 bridgehead atoms. The van der Waals surface area contributed by atoms with E-state index in [4.69, 9.17) is 0 Å². The Bertz CT molecular complexity index is 583. The Balaban J connectivity index is 2.40. The third-order valence-electron chi connectivity index (χ3n) is 3.88. The van der Waals surface area contributed by atoms with Gasteiger partial charge >= 0.3 is 0 Å². The first-order chi connectivity index (χ1) is 9.94. The zero-order valence-electron chi connectivity index (χ0n) is 13.3. The predicted octanol–water partition coefficient (Wildman–Crippen LogP) is 4.50. The molecule has 1 aromatic rings. The quantitative estimate of drug-likeness (QED) is 0.446. The van der Waals surface area contributed by atoms with Crippen molar-refractivity contribution in [1.82, 2.24) is 0 Å². The van der Waals surface area contributed by atoms with E-state index in [0.717, 1.165) is 18.4 Å². The van der Waals surface area contributed by atoms with Crippen LogP contribution in [-0.2, 0) is 10.2 Å². The zero-order chi connectivity index (χ0) is 15.3. The van der Waals surface area contributed by atoms with Crippen LogP contribution in [0.3, 0.4) is 0 Å². The summed E-state index contributed by atoms with van der Waals surface area (Å²) < 4.78 is 0. The van der Waals surface area contributed by atoms with Crippen LogP contribution < -0.4 is 0 Å². The number of ketones is 1. The van der Waals surface area contributed by atoms with Crippen LogP contribution in [0.4, 0.5) is 0 Å². The molecule has 0 aromatic heterocycles. The van der Waals surface area contributed by atoms with E-state index in [0.29, 0.717) is 18.6 Å². The minimum absolute atomic E-state index is 0.337. The maximum atomic E-state index is 12.8. The molecule has 2 rings (SSSR count). The molecule has 0 saturated carbocycles. The van der Waals surface area contributed by atoms with Gasteiger partial charge in [0.15, 0.2) is 0 Å². The third kappa shape index (κ3) is 3.95. The Hall–Kier alpha value is -1.59. The van der Waals surface area contributed by atoms with Gasteiger partial charge in [-0.1, -0.05) is 62.1 Å². The number of Topliss-reactive ketones (excluding diaryl/α,β-unsaturated/α-hetero) is 1. The summed E-state index contributed by atoms with van der Waals surface area (Å²) >= 11 is 0. The summed E-state index contributed by atoms with van der Waals surface area (Å²) in [5, 5.41) is 0. The summed E-state index contributed by atoms with van der Waals surface area (Å²) in [6.45, 7) is 6.72. The molecule has 0 aliphatic heterocycles. The fraction of sp³-hybridized carbons (Fsp3) is 0.421. The van der Waals surface area contributed by atoms with Gasteiger partial charge in [0.05, 0.1) is 5.41 Å². The van der Waals surface area contributed by atoms with Gasteiger partial charge in [0.25, 0.3) is 0 Å². The highest BCUT2D eigenvalue weighted by molar-refractivity contribution is 6.83. The maximum absolute atomic E-state index is 12.8. The molecule has 0 heterocycles. The highest BCUT2D eigenvalue weighted by Gasteiger charge is 2.38. The Morgan fingerprint density at radius 3 is 2.52 bits per heavy atom. The van der Waals surface area contributed by atoms with Crippen molar-refractivity contribution < 1.29 is 4.79 Å². The van der Waals surface area contributed by atoms with Crippen molar-refractivity contribution in [2.75, 3.05) is 0 Å². The molecule has 0 spiro atoms. The second-order valence-electron chi connectivity index (χ2n) is 6.81. The molecule has 2 heteroatoms. The van der Waals surface area contributed by atoms with E-state index < -0.39 is 13.5 Å². The van der Waals surface area contributed by atoms with Gasteiger partial charge in [0.2, 0.25) is 0 Å². The summed E-state index contributed by atoms with van der Waals surface area (Å²) in [7, 11) is -1.40. The number of carbonyl (C=O) groups is 1. The molecule has 0 N–H and O–H groups in total. The van der Waals surface area contributed by atoms with Crippen molar-refractivity contribution in [3.8, 4) is 11.5 Å². The van der Waals surface area contributed by atoms with E-state index >= 15 is 0 Å². The fourth-order valence-corrected chi connectivity index (χ4v) is 3.36. The Labute approximate surface area is 129 Å². The van der Waals surface area contributed by atoms with Gasteiger partial charge in [0, 0.05) is 12.8 Å². The summed E-state index contributed by atoms with van der Waals surface area (Å²) in [5.74, 6) is 3.69. The van der Waals surface area contributed by atoms with E-state index in [9.17, 15) is 4.79 Å². The van der Waals surface area contributed by atoms with Gasteiger partial charge in [-0.2, -0.15) is 0 Å². The Morgan fingerprint density at radius 2 is 1.86 bits per heavy atom. The molecular weight excluding hydrogens is 272 g/mol. The van der Waals surface area contributed by atoms with Crippen LogP contribution in [0.25, 0.3) is 0 Å². The normalized spacial score (nSPS) is 22.3. The van der Waals surface area contributed by atoms with Crippen LogP contribution in [-0.4, -0.2) is 13.9 Å². The van der Waals surface area contributed by atoms with Crippen molar-refractivity contribution in [3.05, 3.63) is 48.0 Å². The predicted molar refractivity (Wildman–Crippen MR) is 91.9 cm³/mol. The van der Waals surface area contributed by atoms with Gasteiger partial charge in [-0.25, -0.2) is 0 Å². The molecule has 21 heavy (non-hydrogen) atoms. The largest absolute Gasteiger partial charge is 0.299 e. The SMILES string of the molecule is C[Si](C)(C)C#CCC1(c2ccccc2)CC=CCCC1=O. The van der Waals surface area contributed by atoms with E-state index in [1.54, 1.807) is 0 Å². The number of benzene rings is 1. The average Bonchev–Trinajstić information content (AvgIpc) is 2.62. The lowest BCUT2D eigenvalue weighted by Gasteiger charge is -2.29. The monoisotopic (exact) mass is 296 g/mol. The number of rotatable bonds is 2. The second kappa shape index (κ2) is 6.45. The molecule has 1 aliphatic rings. The zero-order valence-corrected chi connectivity index (χ0v) is 14.3. The summed E-state index contributed by atoms with van der Waals surface area (Å²) in [6.07, 6.45) is 7.19. The smallest absolute Gasteiger partial charge is 0.144 e. The van der Waals surface area contributed by atoms with Crippen LogP contribution in [0.1, 0.15) is 31.2 Å². The molecule has 110 valence electrons. The summed E-state index contributed by atoms with van der Waals surface area (Å²) in [6, 6.07) is 10.2. The lowest BCUT2D eigenvalue weighted by Crippen LogP contribution is -2.34. The van der Waals surface area contributed by atoms with Crippen LogP contribution in [0.2, 0.25) is 19.6 Å². The average molecular weight is 296 g/mol. The maximum Gasteiger partial charge on any atom is 0.144 e. The van der Waals surface area contributed by atoms with Crippen molar-refractivity contribution in [1.29, 1.82) is 0 Å². The summed E-state index contributed by atoms with van der Waals surface area (Å²) in [5.41, 5.74) is 4.09. The van der Waals surface area contributed by atoms with Crippen molar-refractivity contribution >= 4 is 13.9 Å². The van der Waals surface area contributed by atoms with Gasteiger partial charge in [-0.05, 0) is 18.4 Å². The highest BCUT2D eigenvalue weighted by atomic mass is 28.3. The Kier molecular flexibility index (Phi) is 4.85. The topological polar surface area (TPSA) is 17.1 Å². The lowest BCUT2D eigenvalue weighted by atomic mass is 9.71. The third-order valence-corrected chi connectivity index (χ3v) is 4.81. The Morgan fingerprint density at radius 1 is 1.14 bits per heavy atom. The number of allylic oxidation sites excluding steroid dienone is 2. The molecule has 0 saturated heterocycles. The standard InChI is InChI=1S/C19H24OSi/c1-21(2,3)16-10-15-19(17-11-6-4-7-12-17)14-9-5-8-13-18(19)20/h4-7,9,11-12H,8,13-15H2,1-3H3. The van der Waals surface area contributed by atoms with Crippen LogP contribution in [0, 0.1) is 11.5 Å². The molecule has 1 aliphatic carbocycles. The molecule has 1 unspecified atom stereocenters. The minimum Gasteiger partial charge on any atom is -0.299 e. The van der Waals surface area contributed by atoms with Gasteiger partial charge in [-0.3, -0.25) is 4.79 Å². The van der Waals surface area contributed by atoms with Crippen molar-refractivity contribution in [3.63, 3.8) is 0 Å². The molecule has 0 amide bonds. The molecule has 0 radical (unpaired) electrons. The molecule has 1 aromatic carbocycles. The highest BCUT2D eigenvalue weighted by Crippen LogP contribution is 2.36. The number of carbonyl (C=O) groups excluding carboxylic acids is 1. The van der Waals surface area contributed by atoms with Crippen LogP contribution >= 0.6 is 0 Å². The van der Waals surface area contributed by atoms with Crippen molar-refractivity contribution in [2.45, 2.75) is 50.7 Å². The van der Waals surface area contributed by atoms with Gasteiger partial charge < -0.3 is 0 Å². The molecule has 0 fully saturated rings. The number of hydrogen-bond acceptors (Lipinski definition) is 1.